The molecule has 1 heterocycles. The van der Waals surface area contributed by atoms with Gasteiger partial charge in [0.05, 0.1) is 0 Å². The van der Waals surface area contributed by atoms with Crippen molar-refractivity contribution in [2.75, 3.05) is 5.32 Å². The molecule has 1 rings (SSSR count). The van der Waals surface area contributed by atoms with Gasteiger partial charge in [-0.15, -0.1) is 0 Å². The molecular formula is C8H13N3OS. The van der Waals surface area contributed by atoms with Crippen molar-refractivity contribution in [3.8, 4) is 0 Å². The first-order valence-corrected chi connectivity index (χ1v) is 4.81. The summed E-state index contributed by atoms with van der Waals surface area (Å²) in [5.41, 5.74) is 0.00870. The molecule has 0 aromatic carbocycles. The van der Waals surface area contributed by atoms with Gasteiger partial charge in [0.15, 0.2) is 0 Å². The highest BCUT2D eigenvalue weighted by Crippen LogP contribution is 2.19. The third-order valence-electron chi connectivity index (χ3n) is 1.30. The van der Waals surface area contributed by atoms with Gasteiger partial charge < -0.3 is 5.32 Å². The van der Waals surface area contributed by atoms with Crippen molar-refractivity contribution >= 4 is 22.6 Å². The van der Waals surface area contributed by atoms with E-state index in [2.05, 4.69) is 14.7 Å². The van der Waals surface area contributed by atoms with Crippen LogP contribution in [0.3, 0.4) is 0 Å². The lowest BCUT2D eigenvalue weighted by Gasteiger charge is -2.16. The third-order valence-corrected chi connectivity index (χ3v) is 1.88. The molecule has 0 bridgehead atoms. The fraction of sp³-hybridized carbons (Fsp3) is 0.625. The van der Waals surface area contributed by atoms with Crippen molar-refractivity contribution in [2.45, 2.75) is 27.2 Å². The number of carbonyl (C=O) groups is 1. The molecule has 1 amide bonds. The van der Waals surface area contributed by atoms with Crippen LogP contribution in [0, 0.1) is 5.41 Å². The van der Waals surface area contributed by atoms with E-state index in [1.807, 2.05) is 20.8 Å². The van der Waals surface area contributed by atoms with Gasteiger partial charge in [0.25, 0.3) is 0 Å². The van der Waals surface area contributed by atoms with E-state index < -0.39 is 0 Å². The highest BCUT2D eigenvalue weighted by molar-refractivity contribution is 7.09. The maximum Gasteiger partial charge on any atom is 0.226 e. The first-order valence-electron chi connectivity index (χ1n) is 4.04. The topological polar surface area (TPSA) is 54.9 Å². The van der Waals surface area contributed by atoms with E-state index in [4.69, 9.17) is 0 Å². The second-order valence-corrected chi connectivity index (χ2v) is 4.81. The average Bonchev–Trinajstić information content (AvgIpc) is 2.34. The monoisotopic (exact) mass is 199 g/mol. The molecule has 0 fully saturated rings. The summed E-state index contributed by atoms with van der Waals surface area (Å²) >= 11 is 1.18. The fourth-order valence-electron chi connectivity index (χ4n) is 0.873. The van der Waals surface area contributed by atoms with Gasteiger partial charge in [-0.05, 0) is 5.41 Å². The molecule has 1 N–H and O–H groups in total. The lowest BCUT2D eigenvalue weighted by molar-refractivity contribution is -0.117. The van der Waals surface area contributed by atoms with E-state index in [-0.39, 0.29) is 11.3 Å². The zero-order valence-electron chi connectivity index (χ0n) is 8.00. The van der Waals surface area contributed by atoms with Crippen molar-refractivity contribution in [3.63, 3.8) is 0 Å². The first kappa shape index (κ1) is 10.1. The van der Waals surface area contributed by atoms with Crippen molar-refractivity contribution in [1.82, 2.24) is 9.36 Å². The van der Waals surface area contributed by atoms with Crippen LogP contribution in [0.5, 0.6) is 0 Å². The average molecular weight is 199 g/mol. The van der Waals surface area contributed by atoms with E-state index in [0.29, 0.717) is 11.6 Å². The summed E-state index contributed by atoms with van der Waals surface area (Å²) in [7, 11) is 0. The molecule has 72 valence electrons. The lowest BCUT2D eigenvalue weighted by atomic mass is 9.92. The molecule has 0 radical (unpaired) electrons. The molecule has 0 aliphatic heterocycles. The molecule has 13 heavy (non-hydrogen) atoms. The SMILES string of the molecule is CC(C)(C)CC(=O)Nc1ncns1. The molecular weight excluding hydrogens is 186 g/mol. The number of aromatic nitrogens is 2. The van der Waals surface area contributed by atoms with Crippen LogP contribution in [0.1, 0.15) is 27.2 Å². The Kier molecular flexibility index (Phi) is 2.98. The van der Waals surface area contributed by atoms with Gasteiger partial charge in [-0.3, -0.25) is 4.79 Å². The van der Waals surface area contributed by atoms with Gasteiger partial charge in [0.2, 0.25) is 11.0 Å². The summed E-state index contributed by atoms with van der Waals surface area (Å²) in [6.07, 6.45) is 1.92. The third kappa shape index (κ3) is 3.98. The Hall–Kier alpha value is -0.970. The molecule has 0 aliphatic rings. The van der Waals surface area contributed by atoms with Crippen LogP contribution in [0.15, 0.2) is 6.33 Å². The molecule has 1 aromatic rings. The first-order chi connectivity index (χ1) is 5.97. The van der Waals surface area contributed by atoms with Crippen LogP contribution in [-0.2, 0) is 4.79 Å². The van der Waals surface area contributed by atoms with E-state index in [0.717, 1.165) is 0 Å². The Bertz CT molecular complexity index is 276. The van der Waals surface area contributed by atoms with Crippen LogP contribution < -0.4 is 5.32 Å². The van der Waals surface area contributed by atoms with Crippen LogP contribution >= 0.6 is 11.5 Å². The number of hydrogen-bond donors (Lipinski definition) is 1. The minimum absolute atomic E-state index is 0.00870. The maximum absolute atomic E-state index is 11.4. The summed E-state index contributed by atoms with van der Waals surface area (Å²) < 4.78 is 3.79. The molecule has 0 atom stereocenters. The Labute approximate surface area is 81.6 Å². The van der Waals surface area contributed by atoms with E-state index in [1.54, 1.807) is 0 Å². The van der Waals surface area contributed by atoms with Crippen molar-refractivity contribution in [1.29, 1.82) is 0 Å². The maximum atomic E-state index is 11.4. The molecule has 1 aromatic heterocycles. The number of anilines is 1. The standard InChI is InChI=1S/C8H13N3OS/c1-8(2,3)4-6(12)11-7-9-5-10-13-7/h5H,4H2,1-3H3,(H,9,10,11,12). The van der Waals surface area contributed by atoms with Crippen LogP contribution in [0.25, 0.3) is 0 Å². The second kappa shape index (κ2) is 3.83. The van der Waals surface area contributed by atoms with Crippen LogP contribution in [0.2, 0.25) is 0 Å². The van der Waals surface area contributed by atoms with E-state index in [1.165, 1.54) is 17.9 Å². The number of hydrogen-bond acceptors (Lipinski definition) is 4. The zero-order chi connectivity index (χ0) is 9.90. The molecule has 0 spiro atoms. The summed E-state index contributed by atoms with van der Waals surface area (Å²) in [4.78, 5) is 15.2. The van der Waals surface area contributed by atoms with Gasteiger partial charge in [0.1, 0.15) is 6.33 Å². The predicted octanol–water partition coefficient (Wildman–Crippen LogP) is 1.91. The van der Waals surface area contributed by atoms with Crippen molar-refractivity contribution < 1.29 is 4.79 Å². The minimum atomic E-state index is -0.00995. The molecule has 0 aliphatic carbocycles. The fourth-order valence-corrected chi connectivity index (χ4v) is 1.32. The molecule has 0 unspecified atom stereocenters. The molecule has 0 saturated heterocycles. The zero-order valence-corrected chi connectivity index (χ0v) is 8.81. The smallest absolute Gasteiger partial charge is 0.226 e. The Morgan fingerprint density at radius 1 is 1.62 bits per heavy atom. The summed E-state index contributed by atoms with van der Waals surface area (Å²) in [5, 5.41) is 3.25. The van der Waals surface area contributed by atoms with Gasteiger partial charge >= 0.3 is 0 Å². The van der Waals surface area contributed by atoms with Crippen LogP contribution in [0.4, 0.5) is 5.13 Å². The summed E-state index contributed by atoms with van der Waals surface area (Å²) in [6, 6.07) is 0. The normalized spacial score (nSPS) is 11.3. The summed E-state index contributed by atoms with van der Waals surface area (Å²) in [6.45, 7) is 6.06. The quantitative estimate of drug-likeness (QED) is 0.791. The number of nitrogens with one attached hydrogen (secondary N) is 1. The Balaban J connectivity index is 2.43. The number of nitrogens with zero attached hydrogens (tertiary/aromatic N) is 2. The van der Waals surface area contributed by atoms with Gasteiger partial charge in [-0.1, -0.05) is 20.8 Å². The highest BCUT2D eigenvalue weighted by Gasteiger charge is 2.16. The second-order valence-electron chi connectivity index (χ2n) is 4.03. The van der Waals surface area contributed by atoms with E-state index in [9.17, 15) is 4.79 Å². The Morgan fingerprint density at radius 3 is 2.77 bits per heavy atom. The van der Waals surface area contributed by atoms with Gasteiger partial charge in [-0.25, -0.2) is 4.98 Å². The predicted molar refractivity (Wildman–Crippen MR) is 52.6 cm³/mol. The summed E-state index contributed by atoms with van der Waals surface area (Å²) in [5.74, 6) is -0.00995. The van der Waals surface area contributed by atoms with Crippen LogP contribution in [-0.4, -0.2) is 15.3 Å². The minimum Gasteiger partial charge on any atom is -0.301 e. The molecule has 0 saturated carbocycles. The number of rotatable bonds is 2. The van der Waals surface area contributed by atoms with Gasteiger partial charge in [0, 0.05) is 18.0 Å². The largest absolute Gasteiger partial charge is 0.301 e. The van der Waals surface area contributed by atoms with Crippen molar-refractivity contribution in [2.24, 2.45) is 5.41 Å². The molecule has 5 heteroatoms. The lowest BCUT2D eigenvalue weighted by Crippen LogP contribution is -2.19. The van der Waals surface area contributed by atoms with Crippen molar-refractivity contribution in [3.05, 3.63) is 6.33 Å². The Morgan fingerprint density at radius 2 is 2.31 bits per heavy atom. The highest BCUT2D eigenvalue weighted by atomic mass is 32.1. The van der Waals surface area contributed by atoms with E-state index >= 15 is 0 Å². The molecule has 4 nitrogen and oxygen atoms in total. The van der Waals surface area contributed by atoms with Gasteiger partial charge in [-0.2, -0.15) is 4.37 Å². The number of amides is 1. The number of carbonyl (C=O) groups excluding carboxylic acids is 1.